The average Bonchev–Trinajstić information content (AvgIpc) is 4.21. The fourth-order valence-corrected chi connectivity index (χ4v) is 15.6. The summed E-state index contributed by atoms with van der Waals surface area (Å²) >= 11 is 0. The summed E-state index contributed by atoms with van der Waals surface area (Å²) < 4.78 is 13.6. The Morgan fingerprint density at radius 2 is 0.973 bits per heavy atom. The number of fused-ring (bicyclic) bond motifs is 19. The Bertz CT molecular complexity index is 4440. The van der Waals surface area contributed by atoms with Crippen molar-refractivity contribution in [1.82, 2.24) is 0 Å². The van der Waals surface area contributed by atoms with E-state index in [2.05, 4.69) is 237 Å². The highest BCUT2D eigenvalue weighted by Crippen LogP contribution is 2.65. The van der Waals surface area contributed by atoms with E-state index in [1.807, 2.05) is 0 Å². The summed E-state index contributed by atoms with van der Waals surface area (Å²) in [6, 6.07) is 63.7. The molecule has 0 saturated heterocycles. The Labute approximate surface area is 432 Å². The molecule has 2 nitrogen and oxygen atoms in total. The lowest BCUT2D eigenvalue weighted by molar-refractivity contribution is 0.259. The van der Waals surface area contributed by atoms with Gasteiger partial charge in [-0.3, -0.25) is 0 Å². The van der Waals surface area contributed by atoms with Crippen LogP contribution in [0.25, 0.3) is 93.6 Å². The Hall–Kier alpha value is -8.20. The third kappa shape index (κ3) is 5.11. The second kappa shape index (κ2) is 14.3. The first-order chi connectivity index (χ1) is 36.0. The van der Waals surface area contributed by atoms with Gasteiger partial charge in [0.2, 0.25) is 0 Å². The Kier molecular flexibility index (Phi) is 8.18. The fraction of sp³-hybridized carbons (Fsp3) is 0.167. The standard InChI is InChI=1S/C72H54O2/c1-39-62-58(37-54-64-46-27-13-11-23-42(46)52(35-56(64)70(3,4)66(39)54)50-31-19-29-48-44-25-15-17-33-60(44)73-68(48)50)72(7,41-21-9-8-10-22-41)59-38-55-65-47-28-14-12-24-43(47)53(36-57(65)71(5,6)67(55)40(2)63(59)62)51-32-20-30-49-45-26-16-18-34-61(45)74-69(49)51/h8-38,50,68H,1-7H3. The first kappa shape index (κ1) is 42.3. The van der Waals surface area contributed by atoms with Crippen LogP contribution in [-0.2, 0) is 16.2 Å². The van der Waals surface area contributed by atoms with E-state index in [1.165, 1.54) is 127 Å². The monoisotopic (exact) mass is 950 g/mol. The highest BCUT2D eigenvalue weighted by atomic mass is 16.5. The second-order valence-electron chi connectivity index (χ2n) is 23.1. The van der Waals surface area contributed by atoms with Crippen LogP contribution in [0.4, 0.5) is 0 Å². The van der Waals surface area contributed by atoms with Gasteiger partial charge in [-0.2, -0.15) is 0 Å². The van der Waals surface area contributed by atoms with Crippen molar-refractivity contribution in [3.8, 4) is 50.3 Å². The van der Waals surface area contributed by atoms with Gasteiger partial charge in [-0.1, -0.05) is 185 Å². The molecule has 10 aromatic carbocycles. The van der Waals surface area contributed by atoms with Crippen molar-refractivity contribution in [1.29, 1.82) is 0 Å². The van der Waals surface area contributed by atoms with Gasteiger partial charge in [0, 0.05) is 49.6 Å². The number of ether oxygens (including phenoxy) is 1. The van der Waals surface area contributed by atoms with Crippen LogP contribution in [0.3, 0.4) is 0 Å². The third-order valence-electron chi connectivity index (χ3n) is 18.8. The molecule has 0 spiro atoms. The van der Waals surface area contributed by atoms with Crippen molar-refractivity contribution < 1.29 is 9.15 Å². The van der Waals surface area contributed by atoms with E-state index >= 15 is 0 Å². The van der Waals surface area contributed by atoms with Crippen molar-refractivity contribution >= 4 is 49.1 Å². The number of benzene rings is 10. The van der Waals surface area contributed by atoms with E-state index in [-0.39, 0.29) is 22.9 Å². The number of hydrogen-bond acceptors (Lipinski definition) is 2. The zero-order chi connectivity index (χ0) is 49.7. The van der Waals surface area contributed by atoms with Crippen molar-refractivity contribution in [2.45, 2.75) is 76.7 Å². The highest BCUT2D eigenvalue weighted by molar-refractivity contribution is 6.16. The highest BCUT2D eigenvalue weighted by Gasteiger charge is 2.50. The molecule has 2 heterocycles. The van der Waals surface area contributed by atoms with Crippen LogP contribution in [0.5, 0.6) is 5.75 Å². The Morgan fingerprint density at radius 1 is 0.432 bits per heavy atom. The van der Waals surface area contributed by atoms with Gasteiger partial charge in [-0.05, 0) is 167 Å². The van der Waals surface area contributed by atoms with Gasteiger partial charge >= 0.3 is 0 Å². The van der Waals surface area contributed by atoms with Gasteiger partial charge in [-0.15, -0.1) is 0 Å². The number of para-hydroxylation sites is 3. The van der Waals surface area contributed by atoms with Gasteiger partial charge in [0.25, 0.3) is 0 Å². The number of rotatable bonds is 3. The summed E-state index contributed by atoms with van der Waals surface area (Å²) in [5.74, 6) is 1.05. The van der Waals surface area contributed by atoms with E-state index in [4.69, 9.17) is 9.15 Å². The SMILES string of the molecule is Cc1c2c(cc3c1C(C)(C)c1cc(-c4cccc5c4oc4ccccc45)c4ccccc4c1-3)C(C)(c1ccccc1)c1cc3c(c(C)c1-2)C(C)(C)c1cc(C2C=CC=C4c5ccccc5OC42)c2ccccc2c1-3. The molecular weight excluding hydrogens is 897 g/mol. The quantitative estimate of drug-likeness (QED) is 0.176. The molecule has 16 rings (SSSR count). The van der Waals surface area contributed by atoms with Gasteiger partial charge in [-0.25, -0.2) is 0 Å². The molecule has 0 bridgehead atoms. The summed E-state index contributed by atoms with van der Waals surface area (Å²) in [6.07, 6.45) is 6.81. The molecule has 0 saturated carbocycles. The Balaban J connectivity index is 0.924. The number of hydrogen-bond donors (Lipinski definition) is 0. The molecule has 4 aliphatic carbocycles. The van der Waals surface area contributed by atoms with Crippen LogP contribution in [-0.4, -0.2) is 6.10 Å². The van der Waals surface area contributed by atoms with Crippen LogP contribution in [0.1, 0.15) is 102 Å². The molecule has 2 heteroatoms. The Morgan fingerprint density at radius 3 is 1.68 bits per heavy atom. The van der Waals surface area contributed by atoms with Crippen LogP contribution in [0.2, 0.25) is 0 Å². The van der Waals surface area contributed by atoms with Crippen LogP contribution >= 0.6 is 0 Å². The van der Waals surface area contributed by atoms with Crippen molar-refractivity contribution in [2.75, 3.05) is 0 Å². The molecule has 3 atom stereocenters. The normalized spacial score (nSPS) is 19.7. The molecule has 11 aromatic rings. The van der Waals surface area contributed by atoms with E-state index < -0.39 is 5.41 Å². The summed E-state index contributed by atoms with van der Waals surface area (Å²) in [7, 11) is 0. The molecule has 5 aliphatic rings. The van der Waals surface area contributed by atoms with E-state index in [9.17, 15) is 0 Å². The second-order valence-corrected chi connectivity index (χ2v) is 23.1. The summed E-state index contributed by atoms with van der Waals surface area (Å²) in [5.41, 5.74) is 27.9. The van der Waals surface area contributed by atoms with Crippen molar-refractivity contribution in [2.24, 2.45) is 0 Å². The molecule has 1 aliphatic heterocycles. The maximum absolute atomic E-state index is 6.86. The van der Waals surface area contributed by atoms with Gasteiger partial charge in [0.05, 0.1) is 0 Å². The van der Waals surface area contributed by atoms with Crippen molar-refractivity contribution in [3.05, 3.63) is 249 Å². The zero-order valence-corrected chi connectivity index (χ0v) is 42.9. The minimum Gasteiger partial charge on any atom is -0.484 e. The predicted molar refractivity (Wildman–Crippen MR) is 307 cm³/mol. The topological polar surface area (TPSA) is 22.4 Å². The van der Waals surface area contributed by atoms with E-state index in [0.717, 1.165) is 33.3 Å². The summed E-state index contributed by atoms with van der Waals surface area (Å²) in [5, 5.41) is 7.46. The summed E-state index contributed by atoms with van der Waals surface area (Å²) in [6.45, 7) is 17.3. The molecule has 74 heavy (non-hydrogen) atoms. The average molecular weight is 951 g/mol. The minimum atomic E-state index is -0.432. The molecular formula is C72H54O2. The van der Waals surface area contributed by atoms with Crippen LogP contribution in [0, 0.1) is 13.8 Å². The molecule has 1 aromatic heterocycles. The van der Waals surface area contributed by atoms with Gasteiger partial charge in [0.1, 0.15) is 23.0 Å². The number of allylic oxidation sites excluding steroid dienone is 2. The van der Waals surface area contributed by atoms with E-state index in [0.29, 0.717) is 0 Å². The predicted octanol–water partition coefficient (Wildman–Crippen LogP) is 18.6. The molecule has 0 amide bonds. The molecule has 0 N–H and O–H groups in total. The van der Waals surface area contributed by atoms with E-state index in [1.54, 1.807) is 0 Å². The largest absolute Gasteiger partial charge is 0.484 e. The first-order valence-corrected chi connectivity index (χ1v) is 26.6. The maximum atomic E-state index is 6.86. The summed E-state index contributed by atoms with van der Waals surface area (Å²) in [4.78, 5) is 0. The fourth-order valence-electron chi connectivity index (χ4n) is 15.6. The molecule has 3 unspecified atom stereocenters. The lowest BCUT2D eigenvalue weighted by Gasteiger charge is -2.30. The van der Waals surface area contributed by atoms with Crippen LogP contribution < -0.4 is 4.74 Å². The van der Waals surface area contributed by atoms with Crippen LogP contribution in [0.15, 0.2) is 193 Å². The zero-order valence-electron chi connectivity index (χ0n) is 42.9. The van der Waals surface area contributed by atoms with Gasteiger partial charge < -0.3 is 9.15 Å². The maximum Gasteiger partial charge on any atom is 0.143 e. The first-order valence-electron chi connectivity index (χ1n) is 26.6. The minimum absolute atomic E-state index is 0.0702. The molecule has 0 fully saturated rings. The molecule has 354 valence electrons. The van der Waals surface area contributed by atoms with Gasteiger partial charge in [0.15, 0.2) is 0 Å². The molecule has 0 radical (unpaired) electrons. The lowest BCUT2D eigenvalue weighted by atomic mass is 9.72. The van der Waals surface area contributed by atoms with Crippen molar-refractivity contribution in [3.63, 3.8) is 0 Å². The lowest BCUT2D eigenvalue weighted by Crippen LogP contribution is -2.24. The third-order valence-corrected chi connectivity index (χ3v) is 18.8. The number of furan rings is 1. The smallest absolute Gasteiger partial charge is 0.143 e.